The summed E-state index contributed by atoms with van der Waals surface area (Å²) >= 11 is 0. The second-order valence-electron chi connectivity index (χ2n) is 6.51. The summed E-state index contributed by atoms with van der Waals surface area (Å²) < 4.78 is 45.3. The zero-order valence-electron chi connectivity index (χ0n) is 17.1. The average molecular weight is 447 g/mol. The van der Waals surface area contributed by atoms with E-state index in [2.05, 4.69) is 20.3 Å². The lowest BCUT2D eigenvalue weighted by Gasteiger charge is -2.10. The van der Waals surface area contributed by atoms with Crippen LogP contribution in [0.2, 0.25) is 0 Å². The van der Waals surface area contributed by atoms with Gasteiger partial charge in [0, 0.05) is 37.3 Å². The molecule has 1 aromatic carbocycles. The van der Waals surface area contributed by atoms with Crippen LogP contribution in [0.15, 0.2) is 59.6 Å². The Hall–Kier alpha value is -3.93. The second-order valence-corrected chi connectivity index (χ2v) is 6.51. The zero-order valence-corrected chi connectivity index (χ0v) is 17.1. The normalized spacial score (nSPS) is 12.8. The number of halogens is 3. The summed E-state index contributed by atoms with van der Waals surface area (Å²) in [5.74, 6) is 0.250. The number of allylic oxidation sites excluding steroid dienone is 1. The monoisotopic (exact) mass is 447 g/mol. The maximum Gasteiger partial charge on any atom is 0.431 e. The Labute approximate surface area is 180 Å². The summed E-state index contributed by atoms with van der Waals surface area (Å²) in [5, 5.41) is 5.61. The van der Waals surface area contributed by atoms with Crippen LogP contribution in [0, 0.1) is 0 Å². The molecule has 0 atom stereocenters. The minimum absolute atomic E-state index is 0.356. The number of carbonyl (C=O) groups is 1. The third kappa shape index (κ3) is 5.40. The minimum Gasteiger partial charge on any atom is -0.439 e. The number of benzene rings is 1. The van der Waals surface area contributed by atoms with Gasteiger partial charge >= 0.3 is 12.2 Å². The molecule has 32 heavy (non-hydrogen) atoms. The van der Waals surface area contributed by atoms with Gasteiger partial charge in [0.15, 0.2) is 0 Å². The van der Waals surface area contributed by atoms with Crippen LogP contribution in [0.3, 0.4) is 0 Å². The SMILES string of the molecule is CNCc1cc(Oc2ccc3c(ccn3C(=O)/N=C(N)\C=C(/NC)C(F)(F)F)c2)ncn1. The Morgan fingerprint density at radius 3 is 2.72 bits per heavy atom. The number of hydrogen-bond acceptors (Lipinski definition) is 6. The predicted octanol–water partition coefficient (Wildman–Crippen LogP) is 2.93. The van der Waals surface area contributed by atoms with Crippen LogP contribution >= 0.6 is 0 Å². The summed E-state index contributed by atoms with van der Waals surface area (Å²) in [7, 11) is 2.89. The van der Waals surface area contributed by atoms with Crippen molar-refractivity contribution >= 4 is 22.8 Å². The van der Waals surface area contributed by atoms with Crippen LogP contribution < -0.4 is 21.1 Å². The van der Waals surface area contributed by atoms with Crippen LogP contribution in [0.25, 0.3) is 10.9 Å². The lowest BCUT2D eigenvalue weighted by atomic mass is 10.2. The van der Waals surface area contributed by atoms with E-state index >= 15 is 0 Å². The van der Waals surface area contributed by atoms with Gasteiger partial charge in [-0.25, -0.2) is 14.8 Å². The maximum atomic E-state index is 12.8. The van der Waals surface area contributed by atoms with Crippen LogP contribution in [-0.4, -0.2) is 46.7 Å². The van der Waals surface area contributed by atoms with Crippen molar-refractivity contribution in [3.63, 3.8) is 0 Å². The third-order valence-electron chi connectivity index (χ3n) is 4.24. The fourth-order valence-corrected chi connectivity index (χ4v) is 2.82. The molecule has 2 heterocycles. The Morgan fingerprint density at radius 2 is 2.03 bits per heavy atom. The molecule has 3 rings (SSSR count). The van der Waals surface area contributed by atoms with Crippen molar-refractivity contribution in [2.75, 3.05) is 14.1 Å². The highest BCUT2D eigenvalue weighted by atomic mass is 19.4. The van der Waals surface area contributed by atoms with Crippen molar-refractivity contribution in [2.45, 2.75) is 12.7 Å². The molecule has 3 aromatic rings. The van der Waals surface area contributed by atoms with E-state index in [-0.39, 0.29) is 0 Å². The number of ether oxygens (including phenoxy) is 1. The summed E-state index contributed by atoms with van der Waals surface area (Å²) in [6.07, 6.45) is -1.26. The lowest BCUT2D eigenvalue weighted by Crippen LogP contribution is -2.26. The predicted molar refractivity (Wildman–Crippen MR) is 112 cm³/mol. The summed E-state index contributed by atoms with van der Waals surface area (Å²) in [6, 6.07) is 7.43. The molecule has 0 aliphatic carbocycles. The number of nitrogens with one attached hydrogen (secondary N) is 2. The Balaban J connectivity index is 1.82. The second kappa shape index (κ2) is 9.47. The first-order chi connectivity index (χ1) is 15.2. The molecule has 9 nitrogen and oxygen atoms in total. The summed E-state index contributed by atoms with van der Waals surface area (Å²) in [5.41, 5.74) is 5.62. The molecule has 2 aromatic heterocycles. The zero-order chi connectivity index (χ0) is 23.3. The maximum absolute atomic E-state index is 12.8. The number of hydrogen-bond donors (Lipinski definition) is 3. The molecule has 0 saturated carbocycles. The van der Waals surface area contributed by atoms with E-state index in [4.69, 9.17) is 10.5 Å². The van der Waals surface area contributed by atoms with Crippen LogP contribution in [0.4, 0.5) is 18.0 Å². The Kier molecular flexibility index (Phi) is 6.73. The highest BCUT2D eigenvalue weighted by molar-refractivity contribution is 6.03. The molecule has 0 fully saturated rings. The Morgan fingerprint density at radius 1 is 1.25 bits per heavy atom. The van der Waals surface area contributed by atoms with Gasteiger partial charge in [-0.15, -0.1) is 0 Å². The number of aromatic nitrogens is 3. The van der Waals surface area contributed by atoms with E-state index in [1.165, 1.54) is 17.1 Å². The standard InChI is InChI=1S/C20H20F3N7O2/c1-25-10-13-8-18(28-11-27-13)32-14-3-4-15-12(7-14)5-6-30(15)19(31)29-17(24)9-16(26-2)20(21,22)23/h3-9,11,25-26H,10H2,1-2H3,(H2,24,29,31)/b16-9-. The molecule has 4 N–H and O–H groups in total. The van der Waals surface area contributed by atoms with Gasteiger partial charge in [-0.2, -0.15) is 18.2 Å². The highest BCUT2D eigenvalue weighted by Crippen LogP contribution is 2.26. The number of rotatable bonds is 6. The molecule has 0 aliphatic rings. The van der Waals surface area contributed by atoms with Gasteiger partial charge in [-0.3, -0.25) is 4.57 Å². The first-order valence-corrected chi connectivity index (χ1v) is 9.31. The number of carbonyl (C=O) groups excluding carboxylic acids is 1. The molecule has 168 valence electrons. The molecule has 0 saturated heterocycles. The molecule has 0 bridgehead atoms. The van der Waals surface area contributed by atoms with Crippen molar-refractivity contribution < 1.29 is 22.7 Å². The third-order valence-corrected chi connectivity index (χ3v) is 4.24. The molecular weight excluding hydrogens is 427 g/mol. The number of nitrogens with two attached hydrogens (primary N) is 1. The van der Waals surface area contributed by atoms with Gasteiger partial charge in [-0.1, -0.05) is 0 Å². The van der Waals surface area contributed by atoms with Crippen molar-refractivity contribution in [1.82, 2.24) is 25.2 Å². The topological polar surface area (TPSA) is 119 Å². The fraction of sp³-hybridized carbons (Fsp3) is 0.200. The molecule has 0 unspecified atom stereocenters. The van der Waals surface area contributed by atoms with E-state index in [0.717, 1.165) is 12.7 Å². The first-order valence-electron chi connectivity index (χ1n) is 9.31. The number of amidine groups is 1. The van der Waals surface area contributed by atoms with E-state index in [0.29, 0.717) is 35.2 Å². The summed E-state index contributed by atoms with van der Waals surface area (Å²) in [6.45, 7) is 0.556. The van der Waals surface area contributed by atoms with Gasteiger partial charge in [0.2, 0.25) is 5.88 Å². The molecule has 0 spiro atoms. The van der Waals surface area contributed by atoms with E-state index < -0.39 is 23.7 Å². The van der Waals surface area contributed by atoms with Crippen molar-refractivity contribution in [3.8, 4) is 11.6 Å². The van der Waals surface area contributed by atoms with Crippen molar-refractivity contribution in [2.24, 2.45) is 10.7 Å². The van der Waals surface area contributed by atoms with Gasteiger partial charge in [-0.05, 0) is 31.3 Å². The number of nitrogens with zero attached hydrogens (tertiary/aromatic N) is 4. The smallest absolute Gasteiger partial charge is 0.431 e. The largest absolute Gasteiger partial charge is 0.439 e. The fourth-order valence-electron chi connectivity index (χ4n) is 2.82. The van der Waals surface area contributed by atoms with Crippen LogP contribution in [0.1, 0.15) is 5.69 Å². The molecule has 12 heteroatoms. The number of alkyl halides is 3. The van der Waals surface area contributed by atoms with Crippen LogP contribution in [0.5, 0.6) is 11.6 Å². The minimum atomic E-state index is -4.65. The Bertz CT molecular complexity index is 1190. The quantitative estimate of drug-likeness (QED) is 0.393. The van der Waals surface area contributed by atoms with E-state index in [1.54, 1.807) is 37.4 Å². The summed E-state index contributed by atoms with van der Waals surface area (Å²) in [4.78, 5) is 24.2. The molecular formula is C20H20F3N7O2. The molecule has 0 aliphatic heterocycles. The van der Waals surface area contributed by atoms with Gasteiger partial charge in [0.05, 0.1) is 11.2 Å². The molecule has 0 radical (unpaired) electrons. The van der Waals surface area contributed by atoms with Crippen molar-refractivity contribution in [1.29, 1.82) is 0 Å². The highest BCUT2D eigenvalue weighted by Gasteiger charge is 2.33. The van der Waals surface area contributed by atoms with Crippen LogP contribution in [-0.2, 0) is 6.54 Å². The molecule has 1 amide bonds. The number of aliphatic imine (C=N–C) groups is 1. The van der Waals surface area contributed by atoms with E-state index in [1.807, 2.05) is 5.32 Å². The van der Waals surface area contributed by atoms with E-state index in [9.17, 15) is 18.0 Å². The number of amides is 1. The average Bonchev–Trinajstić information content (AvgIpc) is 3.15. The van der Waals surface area contributed by atoms with Gasteiger partial charge < -0.3 is 21.1 Å². The van der Waals surface area contributed by atoms with Gasteiger partial charge in [0.25, 0.3) is 0 Å². The van der Waals surface area contributed by atoms with Gasteiger partial charge in [0.1, 0.15) is 23.6 Å². The first kappa shape index (κ1) is 22.7. The van der Waals surface area contributed by atoms with Crippen molar-refractivity contribution in [3.05, 3.63) is 60.3 Å². The lowest BCUT2D eigenvalue weighted by molar-refractivity contribution is -0.0959. The number of fused-ring (bicyclic) bond motifs is 1.